The molecule has 2 aromatic carbocycles. The molecule has 2 rings (SSSR count). The van der Waals surface area contributed by atoms with Crippen LogP contribution in [0.5, 0.6) is 5.75 Å². The van der Waals surface area contributed by atoms with E-state index in [0.717, 1.165) is 16.9 Å². The number of benzene rings is 2. The molecule has 27 heavy (non-hydrogen) atoms. The monoisotopic (exact) mass is 364 g/mol. The van der Waals surface area contributed by atoms with Gasteiger partial charge in [0.05, 0.1) is 20.2 Å². The van der Waals surface area contributed by atoms with Gasteiger partial charge < -0.3 is 20.7 Å². The van der Waals surface area contributed by atoms with Gasteiger partial charge in [0.2, 0.25) is 5.91 Å². The predicted octanol–water partition coefficient (Wildman–Crippen LogP) is 2.37. The van der Waals surface area contributed by atoms with Gasteiger partial charge in [0.25, 0.3) is 0 Å². The minimum atomic E-state index is -0.181. The first-order chi connectivity index (χ1) is 13.1. The van der Waals surface area contributed by atoms with Crippen LogP contribution in [0.4, 0.5) is 5.69 Å². The van der Waals surface area contributed by atoms with Gasteiger partial charge in [-0.25, -0.2) is 4.99 Å². The zero-order valence-electron chi connectivity index (χ0n) is 15.6. The Labute approximate surface area is 160 Å². The lowest BCUT2D eigenvalue weighted by molar-refractivity contribution is -0.115. The smallest absolute Gasteiger partial charge is 0.243 e. The van der Waals surface area contributed by atoms with E-state index in [1.807, 2.05) is 37.3 Å². The zero-order chi connectivity index (χ0) is 19.5. The Balaban J connectivity index is 1.90. The second-order valence-corrected chi connectivity index (χ2v) is 5.67. The molecule has 0 atom stereocenters. The SMILES string of the molecule is C#Cc1cccc(NC(=O)CNC(=NCc2ccc(OC)cc2)NCC)c1. The summed E-state index contributed by atoms with van der Waals surface area (Å²) >= 11 is 0. The van der Waals surface area contributed by atoms with Crippen molar-refractivity contribution in [2.24, 2.45) is 4.99 Å². The van der Waals surface area contributed by atoms with Gasteiger partial charge in [0.15, 0.2) is 5.96 Å². The van der Waals surface area contributed by atoms with Crippen LogP contribution in [-0.4, -0.2) is 32.1 Å². The molecule has 0 saturated heterocycles. The molecule has 0 fully saturated rings. The number of carbonyl (C=O) groups is 1. The van der Waals surface area contributed by atoms with Gasteiger partial charge in [-0.1, -0.05) is 24.1 Å². The van der Waals surface area contributed by atoms with Crippen LogP contribution < -0.4 is 20.7 Å². The van der Waals surface area contributed by atoms with Gasteiger partial charge in [-0.15, -0.1) is 6.42 Å². The third kappa shape index (κ3) is 6.75. The fraction of sp³-hybridized carbons (Fsp3) is 0.238. The van der Waals surface area contributed by atoms with Crippen molar-refractivity contribution in [3.05, 3.63) is 59.7 Å². The van der Waals surface area contributed by atoms with E-state index in [4.69, 9.17) is 11.2 Å². The summed E-state index contributed by atoms with van der Waals surface area (Å²) in [7, 11) is 1.63. The molecule has 2 aromatic rings. The number of methoxy groups -OCH3 is 1. The maximum Gasteiger partial charge on any atom is 0.243 e. The third-order valence-electron chi connectivity index (χ3n) is 3.65. The summed E-state index contributed by atoms with van der Waals surface area (Å²) in [6.45, 7) is 3.25. The van der Waals surface area contributed by atoms with Gasteiger partial charge in [0, 0.05) is 17.8 Å². The number of anilines is 1. The number of carbonyl (C=O) groups excluding carboxylic acids is 1. The standard InChI is InChI=1S/C21H24N4O2/c1-4-16-7-6-8-18(13-16)25-20(26)15-24-21(22-5-2)23-14-17-9-11-19(27-3)12-10-17/h1,6-13H,5,14-15H2,2-3H3,(H,25,26)(H2,22,23,24). The normalized spacial score (nSPS) is 10.6. The molecule has 140 valence electrons. The summed E-state index contributed by atoms with van der Waals surface area (Å²) in [5, 5.41) is 8.95. The summed E-state index contributed by atoms with van der Waals surface area (Å²) in [5.41, 5.74) is 2.43. The highest BCUT2D eigenvalue weighted by atomic mass is 16.5. The van der Waals surface area contributed by atoms with E-state index < -0.39 is 0 Å². The maximum absolute atomic E-state index is 12.1. The number of ether oxygens (including phenoxy) is 1. The molecule has 0 saturated carbocycles. The Hall–Kier alpha value is -3.46. The fourth-order valence-electron chi connectivity index (χ4n) is 2.30. The molecule has 1 amide bonds. The number of nitrogens with zero attached hydrogens (tertiary/aromatic N) is 1. The molecular weight excluding hydrogens is 340 g/mol. The first kappa shape index (κ1) is 19.9. The predicted molar refractivity (Wildman–Crippen MR) is 109 cm³/mol. The Morgan fingerprint density at radius 3 is 2.63 bits per heavy atom. The molecule has 3 N–H and O–H groups in total. The summed E-state index contributed by atoms with van der Waals surface area (Å²) in [6.07, 6.45) is 5.37. The van der Waals surface area contributed by atoms with Crippen molar-refractivity contribution in [3.8, 4) is 18.1 Å². The van der Waals surface area contributed by atoms with Crippen LogP contribution in [0.15, 0.2) is 53.5 Å². The van der Waals surface area contributed by atoms with Crippen LogP contribution >= 0.6 is 0 Å². The van der Waals surface area contributed by atoms with Crippen molar-refractivity contribution in [2.75, 3.05) is 25.5 Å². The number of nitrogens with one attached hydrogen (secondary N) is 3. The molecule has 6 heteroatoms. The molecule has 0 spiro atoms. The van der Waals surface area contributed by atoms with E-state index in [-0.39, 0.29) is 12.5 Å². The highest BCUT2D eigenvalue weighted by Crippen LogP contribution is 2.12. The van der Waals surface area contributed by atoms with E-state index in [2.05, 4.69) is 26.9 Å². The van der Waals surface area contributed by atoms with Crippen molar-refractivity contribution in [1.82, 2.24) is 10.6 Å². The zero-order valence-corrected chi connectivity index (χ0v) is 15.6. The number of amides is 1. The quantitative estimate of drug-likeness (QED) is 0.401. The Morgan fingerprint density at radius 2 is 1.96 bits per heavy atom. The molecule has 0 radical (unpaired) electrons. The number of rotatable bonds is 7. The lowest BCUT2D eigenvalue weighted by Crippen LogP contribution is -2.41. The molecule has 6 nitrogen and oxygen atoms in total. The number of hydrogen-bond acceptors (Lipinski definition) is 3. The molecule has 0 bridgehead atoms. The molecule has 0 aromatic heterocycles. The second-order valence-electron chi connectivity index (χ2n) is 5.67. The van der Waals surface area contributed by atoms with Gasteiger partial charge in [-0.2, -0.15) is 0 Å². The number of terminal acetylenes is 1. The summed E-state index contributed by atoms with van der Waals surface area (Å²) < 4.78 is 5.15. The van der Waals surface area contributed by atoms with Gasteiger partial charge in [-0.3, -0.25) is 4.79 Å². The van der Waals surface area contributed by atoms with Crippen molar-refractivity contribution < 1.29 is 9.53 Å². The minimum Gasteiger partial charge on any atom is -0.497 e. The summed E-state index contributed by atoms with van der Waals surface area (Å²) in [4.78, 5) is 16.6. The van der Waals surface area contributed by atoms with Crippen molar-refractivity contribution in [1.29, 1.82) is 0 Å². The first-order valence-electron chi connectivity index (χ1n) is 8.66. The Kier molecular flexibility index (Phi) is 7.73. The number of aliphatic imine (C=N–C) groups is 1. The third-order valence-corrected chi connectivity index (χ3v) is 3.65. The van der Waals surface area contributed by atoms with Gasteiger partial charge in [-0.05, 0) is 42.8 Å². The average Bonchev–Trinajstić information content (AvgIpc) is 2.70. The van der Waals surface area contributed by atoms with E-state index in [1.165, 1.54) is 0 Å². The Bertz CT molecular complexity index is 823. The summed E-state index contributed by atoms with van der Waals surface area (Å²) in [6, 6.07) is 14.9. The highest BCUT2D eigenvalue weighted by Gasteiger charge is 2.05. The summed E-state index contributed by atoms with van der Waals surface area (Å²) in [5.74, 6) is 3.74. The fourth-order valence-corrected chi connectivity index (χ4v) is 2.30. The van der Waals surface area contributed by atoms with Gasteiger partial charge >= 0.3 is 0 Å². The largest absolute Gasteiger partial charge is 0.497 e. The average molecular weight is 364 g/mol. The Morgan fingerprint density at radius 1 is 1.19 bits per heavy atom. The second kappa shape index (κ2) is 10.5. The van der Waals surface area contributed by atoms with E-state index in [0.29, 0.717) is 24.7 Å². The maximum atomic E-state index is 12.1. The lowest BCUT2D eigenvalue weighted by atomic mass is 10.2. The van der Waals surface area contributed by atoms with Crippen LogP contribution in [-0.2, 0) is 11.3 Å². The molecule has 0 unspecified atom stereocenters. The molecule has 0 aliphatic carbocycles. The molecule has 0 heterocycles. The van der Waals surface area contributed by atoms with Crippen LogP contribution in [0.25, 0.3) is 0 Å². The van der Waals surface area contributed by atoms with E-state index in [9.17, 15) is 4.79 Å². The number of hydrogen-bond donors (Lipinski definition) is 3. The van der Waals surface area contributed by atoms with Crippen molar-refractivity contribution in [3.63, 3.8) is 0 Å². The van der Waals surface area contributed by atoms with Crippen molar-refractivity contribution in [2.45, 2.75) is 13.5 Å². The van der Waals surface area contributed by atoms with E-state index >= 15 is 0 Å². The minimum absolute atomic E-state index is 0.0920. The van der Waals surface area contributed by atoms with Gasteiger partial charge in [0.1, 0.15) is 5.75 Å². The number of guanidine groups is 1. The van der Waals surface area contributed by atoms with Crippen LogP contribution in [0, 0.1) is 12.3 Å². The first-order valence-corrected chi connectivity index (χ1v) is 8.66. The topological polar surface area (TPSA) is 74.8 Å². The van der Waals surface area contributed by atoms with Crippen LogP contribution in [0.3, 0.4) is 0 Å². The van der Waals surface area contributed by atoms with Crippen LogP contribution in [0.2, 0.25) is 0 Å². The molecular formula is C21H24N4O2. The molecule has 0 aliphatic rings. The molecule has 0 aliphatic heterocycles. The lowest BCUT2D eigenvalue weighted by Gasteiger charge is -2.12. The highest BCUT2D eigenvalue weighted by molar-refractivity contribution is 5.95. The van der Waals surface area contributed by atoms with Crippen LogP contribution in [0.1, 0.15) is 18.1 Å². The van der Waals surface area contributed by atoms with Crippen molar-refractivity contribution >= 4 is 17.6 Å². The van der Waals surface area contributed by atoms with E-state index in [1.54, 1.807) is 25.3 Å².